The molecule has 0 bridgehead atoms. The van der Waals surface area contributed by atoms with Gasteiger partial charge >= 0.3 is 0 Å². The smallest absolute Gasteiger partial charge is 0.0383 e. The van der Waals surface area contributed by atoms with Crippen LogP contribution in [-0.4, -0.2) is 6.04 Å². The van der Waals surface area contributed by atoms with Gasteiger partial charge in [-0.15, -0.1) is 0 Å². The van der Waals surface area contributed by atoms with Crippen molar-refractivity contribution in [3.8, 4) is 0 Å². The minimum atomic E-state index is 0.609. The molecule has 2 aromatic rings. The summed E-state index contributed by atoms with van der Waals surface area (Å²) in [7, 11) is 0. The van der Waals surface area contributed by atoms with Crippen LogP contribution in [0.3, 0.4) is 0 Å². The lowest BCUT2D eigenvalue weighted by molar-refractivity contribution is 0.412. The average Bonchev–Trinajstić information content (AvgIpc) is 2.53. The van der Waals surface area contributed by atoms with Crippen LogP contribution in [0.25, 0.3) is 0 Å². The summed E-state index contributed by atoms with van der Waals surface area (Å²) in [6.07, 6.45) is 5.08. The zero-order chi connectivity index (χ0) is 14.7. The Morgan fingerprint density at radius 1 is 0.952 bits per heavy atom. The van der Waals surface area contributed by atoms with Crippen LogP contribution in [0.2, 0.25) is 0 Å². The van der Waals surface area contributed by atoms with E-state index in [1.165, 1.54) is 42.5 Å². The van der Waals surface area contributed by atoms with Crippen molar-refractivity contribution in [3.05, 3.63) is 64.1 Å². The number of anilines is 1. The average molecular weight is 344 g/mol. The van der Waals surface area contributed by atoms with Gasteiger partial charge in [-0.05, 0) is 61.8 Å². The molecule has 0 heterocycles. The van der Waals surface area contributed by atoms with E-state index in [1.807, 2.05) is 0 Å². The van der Waals surface area contributed by atoms with Crippen LogP contribution < -0.4 is 5.32 Å². The lowest BCUT2D eigenvalue weighted by atomic mass is 9.81. The SMILES string of the molecule is Cc1ccc(Br)cc1NC1CCC(c2ccccc2)CC1. The summed E-state index contributed by atoms with van der Waals surface area (Å²) < 4.78 is 1.15. The number of benzene rings is 2. The maximum absolute atomic E-state index is 3.73. The quantitative estimate of drug-likeness (QED) is 0.731. The van der Waals surface area contributed by atoms with E-state index < -0.39 is 0 Å². The highest BCUT2D eigenvalue weighted by Gasteiger charge is 2.22. The molecule has 1 saturated carbocycles. The number of hydrogen-bond acceptors (Lipinski definition) is 1. The van der Waals surface area contributed by atoms with Gasteiger partial charge in [-0.25, -0.2) is 0 Å². The van der Waals surface area contributed by atoms with Crippen molar-refractivity contribution in [2.24, 2.45) is 0 Å². The van der Waals surface area contributed by atoms with Gasteiger partial charge in [-0.2, -0.15) is 0 Å². The van der Waals surface area contributed by atoms with Crippen molar-refractivity contribution in [2.75, 3.05) is 5.32 Å². The van der Waals surface area contributed by atoms with E-state index in [9.17, 15) is 0 Å². The van der Waals surface area contributed by atoms with Crippen LogP contribution in [0, 0.1) is 6.92 Å². The zero-order valence-corrected chi connectivity index (χ0v) is 14.1. The molecule has 1 N–H and O–H groups in total. The molecule has 2 aromatic carbocycles. The molecule has 21 heavy (non-hydrogen) atoms. The summed E-state index contributed by atoms with van der Waals surface area (Å²) in [4.78, 5) is 0. The van der Waals surface area contributed by atoms with Gasteiger partial charge in [-0.3, -0.25) is 0 Å². The summed E-state index contributed by atoms with van der Waals surface area (Å²) in [6, 6.07) is 18.0. The Kier molecular flexibility index (Phi) is 4.64. The molecule has 110 valence electrons. The molecular formula is C19H22BrN. The first-order chi connectivity index (χ1) is 10.2. The Morgan fingerprint density at radius 2 is 1.67 bits per heavy atom. The second-order valence-electron chi connectivity index (χ2n) is 6.06. The van der Waals surface area contributed by atoms with Crippen LogP contribution >= 0.6 is 15.9 Å². The Labute approximate surface area is 135 Å². The molecule has 1 aliphatic carbocycles. The number of aryl methyl sites for hydroxylation is 1. The highest BCUT2D eigenvalue weighted by Crippen LogP contribution is 2.34. The molecular weight excluding hydrogens is 322 g/mol. The van der Waals surface area contributed by atoms with Crippen LogP contribution in [0.5, 0.6) is 0 Å². The van der Waals surface area contributed by atoms with Crippen LogP contribution in [0.1, 0.15) is 42.7 Å². The largest absolute Gasteiger partial charge is 0.382 e. The van der Waals surface area contributed by atoms with E-state index >= 15 is 0 Å². The van der Waals surface area contributed by atoms with Crippen molar-refractivity contribution >= 4 is 21.6 Å². The molecule has 0 radical (unpaired) electrons. The fraction of sp³-hybridized carbons (Fsp3) is 0.368. The normalized spacial score (nSPS) is 22.0. The van der Waals surface area contributed by atoms with E-state index in [1.54, 1.807) is 0 Å². The van der Waals surface area contributed by atoms with Crippen molar-refractivity contribution in [1.82, 2.24) is 0 Å². The third-order valence-electron chi connectivity index (χ3n) is 4.56. The number of rotatable bonds is 3. The molecule has 0 aromatic heterocycles. The zero-order valence-electron chi connectivity index (χ0n) is 12.5. The molecule has 1 nitrogen and oxygen atoms in total. The molecule has 0 aliphatic heterocycles. The van der Waals surface area contributed by atoms with Crippen molar-refractivity contribution in [2.45, 2.75) is 44.6 Å². The van der Waals surface area contributed by atoms with Crippen molar-refractivity contribution in [1.29, 1.82) is 0 Å². The standard InChI is InChI=1S/C19H22BrN/c1-14-7-10-17(20)13-19(14)21-18-11-8-16(9-12-18)15-5-3-2-4-6-15/h2-7,10,13,16,18,21H,8-9,11-12H2,1H3. The van der Waals surface area contributed by atoms with Gasteiger partial charge in [0.25, 0.3) is 0 Å². The minimum absolute atomic E-state index is 0.609. The van der Waals surface area contributed by atoms with Crippen LogP contribution in [0.4, 0.5) is 5.69 Å². The lowest BCUT2D eigenvalue weighted by Gasteiger charge is -2.30. The third kappa shape index (κ3) is 3.68. The first-order valence-corrected chi connectivity index (χ1v) is 8.59. The molecule has 0 amide bonds. The molecule has 0 saturated heterocycles. The topological polar surface area (TPSA) is 12.0 Å². The van der Waals surface area contributed by atoms with Crippen LogP contribution in [0.15, 0.2) is 53.0 Å². The first-order valence-electron chi connectivity index (χ1n) is 7.80. The summed E-state index contributed by atoms with van der Waals surface area (Å²) in [5.74, 6) is 0.743. The van der Waals surface area contributed by atoms with Gasteiger partial charge in [0.2, 0.25) is 0 Å². The monoisotopic (exact) mass is 343 g/mol. The van der Waals surface area contributed by atoms with Crippen LogP contribution in [-0.2, 0) is 0 Å². The van der Waals surface area contributed by atoms with E-state index in [2.05, 4.69) is 76.7 Å². The van der Waals surface area contributed by atoms with Gasteiger partial charge in [-0.1, -0.05) is 52.3 Å². The lowest BCUT2D eigenvalue weighted by Crippen LogP contribution is -2.25. The number of nitrogens with one attached hydrogen (secondary N) is 1. The molecule has 0 unspecified atom stereocenters. The second kappa shape index (κ2) is 6.65. The fourth-order valence-electron chi connectivity index (χ4n) is 3.27. The predicted molar refractivity (Wildman–Crippen MR) is 93.9 cm³/mol. The molecule has 0 atom stereocenters. The van der Waals surface area contributed by atoms with Crippen molar-refractivity contribution in [3.63, 3.8) is 0 Å². The Morgan fingerprint density at radius 3 is 2.38 bits per heavy atom. The van der Waals surface area contributed by atoms with Gasteiger partial charge in [0.1, 0.15) is 0 Å². The fourth-order valence-corrected chi connectivity index (χ4v) is 3.63. The van der Waals surface area contributed by atoms with E-state index in [-0.39, 0.29) is 0 Å². The summed E-state index contributed by atoms with van der Waals surface area (Å²) in [6.45, 7) is 2.17. The van der Waals surface area contributed by atoms with E-state index in [0.29, 0.717) is 6.04 Å². The Bertz CT molecular complexity index is 586. The van der Waals surface area contributed by atoms with Crippen molar-refractivity contribution < 1.29 is 0 Å². The van der Waals surface area contributed by atoms with Gasteiger partial charge in [0.05, 0.1) is 0 Å². The van der Waals surface area contributed by atoms with Gasteiger partial charge in [0.15, 0.2) is 0 Å². The van der Waals surface area contributed by atoms with Gasteiger partial charge in [0, 0.05) is 16.2 Å². The summed E-state index contributed by atoms with van der Waals surface area (Å²) in [5, 5.41) is 3.73. The molecule has 1 fully saturated rings. The Hall–Kier alpha value is -1.28. The minimum Gasteiger partial charge on any atom is -0.382 e. The summed E-state index contributed by atoms with van der Waals surface area (Å²) in [5.41, 5.74) is 4.10. The maximum Gasteiger partial charge on any atom is 0.0383 e. The maximum atomic E-state index is 3.73. The second-order valence-corrected chi connectivity index (χ2v) is 6.98. The van der Waals surface area contributed by atoms with E-state index in [0.717, 1.165) is 10.4 Å². The molecule has 0 spiro atoms. The Balaban J connectivity index is 1.60. The first kappa shape index (κ1) is 14.6. The highest BCUT2D eigenvalue weighted by atomic mass is 79.9. The molecule has 1 aliphatic rings. The molecule has 2 heteroatoms. The highest BCUT2D eigenvalue weighted by molar-refractivity contribution is 9.10. The molecule has 3 rings (SSSR count). The summed E-state index contributed by atoms with van der Waals surface area (Å²) >= 11 is 3.56. The van der Waals surface area contributed by atoms with E-state index in [4.69, 9.17) is 0 Å². The predicted octanol–water partition coefficient (Wildman–Crippen LogP) is 5.90. The number of halogens is 1. The third-order valence-corrected chi connectivity index (χ3v) is 5.05. The van der Waals surface area contributed by atoms with Gasteiger partial charge < -0.3 is 5.32 Å². The number of hydrogen-bond donors (Lipinski definition) is 1.